The lowest BCUT2D eigenvalue weighted by Crippen LogP contribution is -2.12. The van der Waals surface area contributed by atoms with Gasteiger partial charge in [-0.25, -0.2) is 4.98 Å². The van der Waals surface area contributed by atoms with Crippen molar-refractivity contribution in [2.75, 3.05) is 7.11 Å². The number of rotatable bonds is 1. The maximum absolute atomic E-state index is 11.9. The third-order valence-electron chi connectivity index (χ3n) is 2.72. The molecule has 1 aromatic carbocycles. The van der Waals surface area contributed by atoms with Crippen molar-refractivity contribution in [3.8, 4) is 5.75 Å². The Bertz CT molecular complexity index is 614. The summed E-state index contributed by atoms with van der Waals surface area (Å²) in [5, 5.41) is 0.613. The van der Waals surface area contributed by atoms with Crippen LogP contribution in [0.15, 0.2) is 10.9 Å². The number of aromatic nitrogens is 2. The van der Waals surface area contributed by atoms with Gasteiger partial charge < -0.3 is 9.72 Å². The summed E-state index contributed by atoms with van der Waals surface area (Å²) in [6, 6.07) is 1.91. The highest BCUT2D eigenvalue weighted by Crippen LogP contribution is 2.26. The van der Waals surface area contributed by atoms with Crippen LogP contribution in [0.1, 0.15) is 17.0 Å². The van der Waals surface area contributed by atoms with E-state index >= 15 is 0 Å². The smallest absolute Gasteiger partial charge is 0.259 e. The number of nitrogens with zero attached hydrogens (tertiary/aromatic N) is 1. The van der Waals surface area contributed by atoms with Gasteiger partial charge in [0.05, 0.1) is 18.0 Å². The van der Waals surface area contributed by atoms with E-state index < -0.39 is 0 Å². The predicted octanol–water partition coefficient (Wildman–Crippen LogP) is 1.86. The highest BCUT2D eigenvalue weighted by molar-refractivity contribution is 5.86. The monoisotopic (exact) mass is 218 g/mol. The molecule has 0 aliphatic carbocycles. The third-order valence-corrected chi connectivity index (χ3v) is 2.72. The van der Waals surface area contributed by atoms with Crippen molar-refractivity contribution in [1.29, 1.82) is 0 Å². The largest absolute Gasteiger partial charge is 0.496 e. The summed E-state index contributed by atoms with van der Waals surface area (Å²) in [4.78, 5) is 19.0. The molecule has 0 bridgehead atoms. The molecule has 0 spiro atoms. The molecule has 1 aromatic heterocycles. The highest BCUT2D eigenvalue weighted by Gasteiger charge is 2.11. The van der Waals surface area contributed by atoms with Gasteiger partial charge in [0.15, 0.2) is 0 Å². The van der Waals surface area contributed by atoms with E-state index in [1.807, 2.05) is 19.9 Å². The Balaban J connectivity index is 3.02. The summed E-state index contributed by atoms with van der Waals surface area (Å²) < 4.78 is 5.24. The summed E-state index contributed by atoms with van der Waals surface area (Å²) in [5.41, 5.74) is 2.42. The number of ether oxygens (including phenoxy) is 1. The summed E-state index contributed by atoms with van der Waals surface area (Å²) in [7, 11) is 1.60. The number of aromatic amines is 1. The van der Waals surface area contributed by atoms with Gasteiger partial charge in [0.2, 0.25) is 0 Å². The second-order valence-electron chi connectivity index (χ2n) is 3.90. The zero-order chi connectivity index (χ0) is 11.9. The van der Waals surface area contributed by atoms with E-state index in [-0.39, 0.29) is 5.56 Å². The number of fused-ring (bicyclic) bond motifs is 1. The first-order chi connectivity index (χ1) is 7.54. The van der Waals surface area contributed by atoms with E-state index in [0.717, 1.165) is 22.4 Å². The minimum absolute atomic E-state index is 0.109. The molecule has 84 valence electrons. The molecule has 0 amide bonds. The Labute approximate surface area is 93.3 Å². The first kappa shape index (κ1) is 10.7. The molecule has 4 nitrogen and oxygen atoms in total. The average molecular weight is 218 g/mol. The SMILES string of the molecule is COc1cc(C)c2nc(C)[nH]c(=O)c2c1C. The number of methoxy groups -OCH3 is 1. The number of benzene rings is 1. The second-order valence-corrected chi connectivity index (χ2v) is 3.90. The first-order valence-corrected chi connectivity index (χ1v) is 5.09. The molecule has 0 saturated carbocycles. The van der Waals surface area contributed by atoms with E-state index in [9.17, 15) is 4.79 Å². The van der Waals surface area contributed by atoms with Gasteiger partial charge in [-0.3, -0.25) is 4.79 Å². The summed E-state index contributed by atoms with van der Waals surface area (Å²) >= 11 is 0. The molecule has 2 aromatic rings. The van der Waals surface area contributed by atoms with Crippen LogP contribution < -0.4 is 10.3 Å². The number of hydrogen-bond acceptors (Lipinski definition) is 3. The predicted molar refractivity (Wildman–Crippen MR) is 63.1 cm³/mol. The van der Waals surface area contributed by atoms with Crippen LogP contribution in [-0.2, 0) is 0 Å². The van der Waals surface area contributed by atoms with Crippen LogP contribution in [-0.4, -0.2) is 17.1 Å². The van der Waals surface area contributed by atoms with E-state index in [2.05, 4.69) is 9.97 Å². The van der Waals surface area contributed by atoms with Gasteiger partial charge in [-0.2, -0.15) is 0 Å². The standard InChI is InChI=1S/C12H14N2O2/c1-6-5-9(16-4)7(2)10-11(6)13-8(3)14-12(10)15/h5H,1-4H3,(H,13,14,15). The molecule has 0 aliphatic heterocycles. The highest BCUT2D eigenvalue weighted by atomic mass is 16.5. The van der Waals surface area contributed by atoms with Crippen LogP contribution in [0.5, 0.6) is 5.75 Å². The van der Waals surface area contributed by atoms with Crippen LogP contribution in [0.25, 0.3) is 10.9 Å². The molecular weight excluding hydrogens is 204 g/mol. The van der Waals surface area contributed by atoms with E-state index in [1.165, 1.54) is 0 Å². The molecule has 1 heterocycles. The normalized spacial score (nSPS) is 10.8. The molecular formula is C12H14N2O2. The van der Waals surface area contributed by atoms with Crippen molar-refractivity contribution in [3.05, 3.63) is 33.4 Å². The van der Waals surface area contributed by atoms with Crippen molar-refractivity contribution in [2.24, 2.45) is 0 Å². The minimum atomic E-state index is -0.109. The van der Waals surface area contributed by atoms with Crippen molar-refractivity contribution < 1.29 is 4.74 Å². The van der Waals surface area contributed by atoms with Gasteiger partial charge in [-0.05, 0) is 32.4 Å². The minimum Gasteiger partial charge on any atom is -0.496 e. The lowest BCUT2D eigenvalue weighted by Gasteiger charge is -2.10. The lowest BCUT2D eigenvalue weighted by atomic mass is 10.1. The van der Waals surface area contributed by atoms with Gasteiger partial charge in [-0.15, -0.1) is 0 Å². The topological polar surface area (TPSA) is 55.0 Å². The molecule has 0 unspecified atom stereocenters. The fraction of sp³-hybridized carbons (Fsp3) is 0.333. The fourth-order valence-corrected chi connectivity index (χ4v) is 1.93. The van der Waals surface area contributed by atoms with E-state index in [4.69, 9.17) is 4.74 Å². The molecule has 1 N–H and O–H groups in total. The quantitative estimate of drug-likeness (QED) is 0.794. The third kappa shape index (κ3) is 1.46. The van der Waals surface area contributed by atoms with Gasteiger partial charge in [0.25, 0.3) is 5.56 Å². The summed E-state index contributed by atoms with van der Waals surface area (Å²) in [5.74, 6) is 1.35. The molecule has 0 aliphatic rings. The van der Waals surface area contributed by atoms with Gasteiger partial charge >= 0.3 is 0 Å². The van der Waals surface area contributed by atoms with Crippen molar-refractivity contribution in [2.45, 2.75) is 20.8 Å². The number of nitrogens with one attached hydrogen (secondary N) is 1. The summed E-state index contributed by atoms with van der Waals surface area (Å²) in [6.07, 6.45) is 0. The second kappa shape index (κ2) is 3.63. The Morgan fingerprint density at radius 2 is 2.00 bits per heavy atom. The van der Waals surface area contributed by atoms with Crippen molar-refractivity contribution >= 4 is 10.9 Å². The molecule has 16 heavy (non-hydrogen) atoms. The fourth-order valence-electron chi connectivity index (χ4n) is 1.93. The summed E-state index contributed by atoms with van der Waals surface area (Å²) in [6.45, 7) is 5.57. The van der Waals surface area contributed by atoms with Gasteiger partial charge in [-0.1, -0.05) is 0 Å². The van der Waals surface area contributed by atoms with Crippen LogP contribution in [0.3, 0.4) is 0 Å². The number of H-pyrrole nitrogens is 1. The first-order valence-electron chi connectivity index (χ1n) is 5.09. The maximum Gasteiger partial charge on any atom is 0.259 e. The van der Waals surface area contributed by atoms with Crippen LogP contribution >= 0.6 is 0 Å². The molecule has 4 heteroatoms. The zero-order valence-corrected chi connectivity index (χ0v) is 9.84. The number of aryl methyl sites for hydroxylation is 3. The van der Waals surface area contributed by atoms with Crippen molar-refractivity contribution in [1.82, 2.24) is 9.97 Å². The zero-order valence-electron chi connectivity index (χ0n) is 9.84. The van der Waals surface area contributed by atoms with Crippen LogP contribution in [0.4, 0.5) is 0 Å². The van der Waals surface area contributed by atoms with Crippen molar-refractivity contribution in [3.63, 3.8) is 0 Å². The van der Waals surface area contributed by atoms with Gasteiger partial charge in [0, 0.05) is 5.56 Å². The molecule has 0 saturated heterocycles. The Morgan fingerprint density at radius 3 is 2.62 bits per heavy atom. The molecule has 2 rings (SSSR count). The maximum atomic E-state index is 11.9. The molecule has 0 atom stereocenters. The van der Waals surface area contributed by atoms with Crippen LogP contribution in [0, 0.1) is 20.8 Å². The van der Waals surface area contributed by atoms with E-state index in [0.29, 0.717) is 11.2 Å². The Kier molecular flexibility index (Phi) is 2.42. The Morgan fingerprint density at radius 1 is 1.31 bits per heavy atom. The number of hydrogen-bond donors (Lipinski definition) is 1. The lowest BCUT2D eigenvalue weighted by molar-refractivity contribution is 0.412. The average Bonchev–Trinajstić information content (AvgIpc) is 2.22. The van der Waals surface area contributed by atoms with Gasteiger partial charge in [0.1, 0.15) is 11.6 Å². The molecule has 0 fully saturated rings. The Hall–Kier alpha value is -1.84. The molecule has 0 radical (unpaired) electrons. The van der Waals surface area contributed by atoms with E-state index in [1.54, 1.807) is 14.0 Å². The van der Waals surface area contributed by atoms with Crippen LogP contribution in [0.2, 0.25) is 0 Å².